The molecule has 154 valence electrons. The van der Waals surface area contributed by atoms with Crippen LogP contribution in [0.4, 0.5) is 0 Å². The lowest BCUT2D eigenvalue weighted by Gasteiger charge is -2.31. The van der Waals surface area contributed by atoms with Crippen LogP contribution in [0.25, 0.3) is 0 Å². The van der Waals surface area contributed by atoms with E-state index in [0.717, 1.165) is 52.9 Å². The monoisotopic (exact) mass is 430 g/mol. The van der Waals surface area contributed by atoms with E-state index in [0.29, 0.717) is 6.42 Å². The Morgan fingerprint density at radius 2 is 1.76 bits per heavy atom. The van der Waals surface area contributed by atoms with Gasteiger partial charge in [0.05, 0.1) is 5.71 Å². The second kappa shape index (κ2) is 10.3. The van der Waals surface area contributed by atoms with Crippen molar-refractivity contribution in [1.29, 1.82) is 0 Å². The Bertz CT molecular complexity index is 832. The standard InChI is InChI=1S/C23H27ClN2O2S/c1-23(2,26-15-6-7-16-26)22(27)28-25-21(18-8-4-3-5-9-18)14-17-29-20-12-10-19(24)11-13-20/h3-5,8-13H,6-7,14-17H2,1-2H3/b25-21+. The zero-order valence-corrected chi connectivity index (χ0v) is 18.5. The molecule has 1 heterocycles. The summed E-state index contributed by atoms with van der Waals surface area (Å²) >= 11 is 7.67. The summed E-state index contributed by atoms with van der Waals surface area (Å²) in [4.78, 5) is 21.5. The van der Waals surface area contributed by atoms with Crippen LogP contribution in [0.3, 0.4) is 0 Å². The van der Waals surface area contributed by atoms with Crippen molar-refractivity contribution in [3.8, 4) is 0 Å². The molecule has 4 nitrogen and oxygen atoms in total. The van der Waals surface area contributed by atoms with Crippen LogP contribution in [0.2, 0.25) is 5.02 Å². The molecule has 2 aromatic rings. The molecule has 0 amide bonds. The molecule has 29 heavy (non-hydrogen) atoms. The highest BCUT2D eigenvalue weighted by molar-refractivity contribution is 7.99. The van der Waals surface area contributed by atoms with Crippen LogP contribution in [0.15, 0.2) is 64.6 Å². The van der Waals surface area contributed by atoms with E-state index < -0.39 is 5.54 Å². The maximum Gasteiger partial charge on any atom is 0.354 e. The largest absolute Gasteiger partial charge is 0.354 e. The minimum Gasteiger partial charge on any atom is -0.316 e. The average Bonchev–Trinajstić information content (AvgIpc) is 3.28. The lowest BCUT2D eigenvalue weighted by molar-refractivity contribution is -0.155. The van der Waals surface area contributed by atoms with Gasteiger partial charge in [-0.3, -0.25) is 4.90 Å². The number of nitrogens with zero attached hydrogens (tertiary/aromatic N) is 2. The van der Waals surface area contributed by atoms with Gasteiger partial charge in [0, 0.05) is 22.1 Å². The summed E-state index contributed by atoms with van der Waals surface area (Å²) in [5.41, 5.74) is 1.08. The first-order valence-corrected chi connectivity index (χ1v) is 11.3. The van der Waals surface area contributed by atoms with Crippen molar-refractivity contribution in [2.75, 3.05) is 18.8 Å². The second-order valence-corrected chi connectivity index (χ2v) is 9.19. The third-order valence-corrected chi connectivity index (χ3v) is 6.43. The summed E-state index contributed by atoms with van der Waals surface area (Å²) in [6.45, 7) is 5.67. The molecule has 0 aliphatic carbocycles. The van der Waals surface area contributed by atoms with Gasteiger partial charge in [0.15, 0.2) is 0 Å². The van der Waals surface area contributed by atoms with Crippen LogP contribution in [-0.2, 0) is 9.63 Å². The molecule has 0 N–H and O–H groups in total. The molecule has 1 aliphatic rings. The van der Waals surface area contributed by atoms with Gasteiger partial charge in [-0.1, -0.05) is 47.1 Å². The molecule has 0 aromatic heterocycles. The maximum absolute atomic E-state index is 12.7. The van der Waals surface area contributed by atoms with Crippen LogP contribution in [-0.4, -0.2) is 41.0 Å². The minimum absolute atomic E-state index is 0.307. The highest BCUT2D eigenvalue weighted by Gasteiger charge is 2.38. The molecule has 0 radical (unpaired) electrons. The molecule has 6 heteroatoms. The smallest absolute Gasteiger partial charge is 0.316 e. The first-order valence-electron chi connectivity index (χ1n) is 9.94. The van der Waals surface area contributed by atoms with E-state index in [9.17, 15) is 4.79 Å². The van der Waals surface area contributed by atoms with E-state index in [4.69, 9.17) is 16.4 Å². The summed E-state index contributed by atoms with van der Waals surface area (Å²) in [7, 11) is 0. The SMILES string of the molecule is CC(C)(C(=O)O/N=C(\CCSc1ccc(Cl)cc1)c1ccccc1)N1CCCC1. The van der Waals surface area contributed by atoms with Gasteiger partial charge >= 0.3 is 5.97 Å². The number of benzene rings is 2. The van der Waals surface area contributed by atoms with Crippen molar-refractivity contribution in [3.05, 3.63) is 65.2 Å². The van der Waals surface area contributed by atoms with E-state index in [-0.39, 0.29) is 5.97 Å². The number of thioether (sulfide) groups is 1. The number of oxime groups is 1. The molecule has 0 atom stereocenters. The van der Waals surface area contributed by atoms with Gasteiger partial charge in [-0.25, -0.2) is 4.79 Å². The quantitative estimate of drug-likeness (QED) is 0.235. The van der Waals surface area contributed by atoms with Crippen LogP contribution < -0.4 is 0 Å². The minimum atomic E-state index is -0.667. The van der Waals surface area contributed by atoms with Crippen molar-refractivity contribution in [1.82, 2.24) is 4.90 Å². The molecule has 0 bridgehead atoms. The topological polar surface area (TPSA) is 41.9 Å². The Hall–Kier alpha value is -1.82. The van der Waals surface area contributed by atoms with Crippen molar-refractivity contribution in [2.24, 2.45) is 5.16 Å². The molecule has 0 unspecified atom stereocenters. The van der Waals surface area contributed by atoms with Crippen LogP contribution in [0.5, 0.6) is 0 Å². The van der Waals surface area contributed by atoms with E-state index in [1.807, 2.05) is 68.4 Å². The summed E-state index contributed by atoms with van der Waals surface area (Å²) in [6.07, 6.45) is 2.93. The third kappa shape index (κ3) is 6.08. The van der Waals surface area contributed by atoms with Gasteiger partial charge in [-0.15, -0.1) is 11.8 Å². The lowest BCUT2D eigenvalue weighted by atomic mass is 10.0. The zero-order valence-electron chi connectivity index (χ0n) is 16.9. The number of rotatable bonds is 8. The van der Waals surface area contributed by atoms with Gasteiger partial charge in [0.25, 0.3) is 0 Å². The first-order chi connectivity index (χ1) is 14.0. The fourth-order valence-electron chi connectivity index (χ4n) is 3.28. The van der Waals surface area contributed by atoms with Crippen LogP contribution in [0.1, 0.15) is 38.7 Å². The van der Waals surface area contributed by atoms with E-state index in [1.165, 1.54) is 0 Å². The predicted octanol–water partition coefficient (Wildman–Crippen LogP) is 5.64. The van der Waals surface area contributed by atoms with Crippen molar-refractivity contribution >= 4 is 35.0 Å². The summed E-state index contributed by atoms with van der Waals surface area (Å²) in [5.74, 6) is 0.515. The van der Waals surface area contributed by atoms with Gasteiger partial charge in [-0.2, -0.15) is 0 Å². The van der Waals surface area contributed by atoms with E-state index in [2.05, 4.69) is 10.1 Å². The molecule has 3 rings (SSSR count). The Morgan fingerprint density at radius 3 is 2.41 bits per heavy atom. The Kier molecular flexibility index (Phi) is 7.76. The number of likely N-dealkylation sites (tertiary alicyclic amines) is 1. The van der Waals surface area contributed by atoms with Crippen molar-refractivity contribution in [3.63, 3.8) is 0 Å². The Labute approximate surface area is 182 Å². The van der Waals surface area contributed by atoms with Gasteiger partial charge in [-0.05, 0) is 69.6 Å². The highest BCUT2D eigenvalue weighted by atomic mass is 35.5. The van der Waals surface area contributed by atoms with Crippen LogP contribution in [0, 0.1) is 0 Å². The summed E-state index contributed by atoms with van der Waals surface area (Å²) in [6, 6.07) is 17.7. The number of hydrogen-bond acceptors (Lipinski definition) is 5. The summed E-state index contributed by atoms with van der Waals surface area (Å²) in [5, 5.41) is 5.01. The molecule has 0 spiro atoms. The fourth-order valence-corrected chi connectivity index (χ4v) is 4.27. The van der Waals surface area contributed by atoms with E-state index >= 15 is 0 Å². The molecule has 2 aromatic carbocycles. The molecule has 1 fully saturated rings. The zero-order chi connectivity index (χ0) is 20.7. The molecule has 0 saturated carbocycles. The van der Waals surface area contributed by atoms with Crippen LogP contribution >= 0.6 is 23.4 Å². The first kappa shape index (κ1) is 21.9. The van der Waals surface area contributed by atoms with Gasteiger partial charge in [0.2, 0.25) is 0 Å². The van der Waals surface area contributed by atoms with Crippen molar-refractivity contribution < 1.29 is 9.63 Å². The normalized spacial score (nSPS) is 15.5. The predicted molar refractivity (Wildman–Crippen MR) is 121 cm³/mol. The van der Waals surface area contributed by atoms with Gasteiger partial charge < -0.3 is 4.84 Å². The number of carbonyl (C=O) groups excluding carboxylic acids is 1. The average molecular weight is 431 g/mol. The van der Waals surface area contributed by atoms with Gasteiger partial charge in [0.1, 0.15) is 5.54 Å². The van der Waals surface area contributed by atoms with Crippen molar-refractivity contribution in [2.45, 2.75) is 43.5 Å². The summed E-state index contributed by atoms with van der Waals surface area (Å²) < 4.78 is 0. The number of halogens is 1. The highest BCUT2D eigenvalue weighted by Crippen LogP contribution is 2.24. The molecular formula is C23H27ClN2O2S. The Balaban J connectivity index is 1.66. The second-order valence-electron chi connectivity index (χ2n) is 7.59. The Morgan fingerprint density at radius 1 is 1.10 bits per heavy atom. The molecular weight excluding hydrogens is 404 g/mol. The fraction of sp³-hybridized carbons (Fsp3) is 0.391. The third-order valence-electron chi connectivity index (χ3n) is 5.16. The maximum atomic E-state index is 12.7. The number of hydrogen-bond donors (Lipinski definition) is 0. The lowest BCUT2D eigenvalue weighted by Crippen LogP contribution is -2.49. The number of carbonyl (C=O) groups is 1. The van der Waals surface area contributed by atoms with E-state index in [1.54, 1.807) is 11.8 Å². The molecule has 1 saturated heterocycles. The molecule has 1 aliphatic heterocycles.